The van der Waals surface area contributed by atoms with Crippen LogP contribution < -0.4 is 10.1 Å². The second kappa shape index (κ2) is 9.68. The molecule has 3 aromatic carbocycles. The molecule has 0 radical (unpaired) electrons. The first kappa shape index (κ1) is 22.3. The van der Waals surface area contributed by atoms with Crippen LogP contribution in [-0.4, -0.2) is 52.0 Å². The van der Waals surface area contributed by atoms with E-state index in [4.69, 9.17) is 9.47 Å². The van der Waals surface area contributed by atoms with Gasteiger partial charge in [0.2, 0.25) is 15.9 Å². The summed E-state index contributed by atoms with van der Waals surface area (Å²) < 4.78 is 38.1. The Morgan fingerprint density at radius 2 is 1.81 bits per heavy atom. The lowest BCUT2D eigenvalue weighted by Gasteiger charge is -2.26. The Hall–Kier alpha value is -2.94. The Labute approximate surface area is 188 Å². The molecule has 0 atom stereocenters. The number of benzene rings is 3. The maximum Gasteiger partial charge on any atom is 0.243 e. The van der Waals surface area contributed by atoms with Crippen molar-refractivity contribution in [2.75, 3.05) is 38.7 Å². The topological polar surface area (TPSA) is 84.9 Å². The molecule has 1 heterocycles. The molecule has 0 saturated carbocycles. The Balaban J connectivity index is 1.49. The Kier molecular flexibility index (Phi) is 6.74. The van der Waals surface area contributed by atoms with E-state index >= 15 is 0 Å². The number of carbonyl (C=O) groups is 1. The fraction of sp³-hybridized carbons (Fsp3) is 0.292. The van der Waals surface area contributed by atoms with Gasteiger partial charge in [-0.3, -0.25) is 4.79 Å². The van der Waals surface area contributed by atoms with E-state index in [1.165, 1.54) is 11.4 Å². The van der Waals surface area contributed by atoms with E-state index in [-0.39, 0.29) is 17.2 Å². The minimum Gasteiger partial charge on any atom is -0.496 e. The molecule has 1 aliphatic heterocycles. The number of methoxy groups -OCH3 is 1. The van der Waals surface area contributed by atoms with Crippen LogP contribution in [0.5, 0.6) is 5.75 Å². The third kappa shape index (κ3) is 4.77. The molecule has 3 aromatic rings. The van der Waals surface area contributed by atoms with Gasteiger partial charge in [-0.2, -0.15) is 4.31 Å². The average Bonchev–Trinajstić information content (AvgIpc) is 2.83. The fourth-order valence-corrected chi connectivity index (χ4v) is 5.30. The number of fused-ring (bicyclic) bond motifs is 1. The predicted molar refractivity (Wildman–Crippen MR) is 123 cm³/mol. The van der Waals surface area contributed by atoms with E-state index < -0.39 is 10.0 Å². The van der Waals surface area contributed by atoms with E-state index in [0.717, 1.165) is 16.5 Å². The molecule has 0 unspecified atom stereocenters. The lowest BCUT2D eigenvalue weighted by atomic mass is 10.1. The molecule has 0 spiro atoms. The number of nitrogens with one attached hydrogen (secondary N) is 1. The molecule has 1 aliphatic rings. The quantitative estimate of drug-likeness (QED) is 0.591. The molecule has 1 N–H and O–H groups in total. The van der Waals surface area contributed by atoms with Gasteiger partial charge in [-0.15, -0.1) is 0 Å². The van der Waals surface area contributed by atoms with E-state index in [9.17, 15) is 13.2 Å². The van der Waals surface area contributed by atoms with Crippen molar-refractivity contribution in [3.63, 3.8) is 0 Å². The Morgan fingerprint density at radius 3 is 2.59 bits per heavy atom. The molecule has 8 heteroatoms. The lowest BCUT2D eigenvalue weighted by molar-refractivity contribution is -0.116. The van der Waals surface area contributed by atoms with E-state index in [1.54, 1.807) is 18.2 Å². The number of nitrogens with zero attached hydrogens (tertiary/aromatic N) is 1. The summed E-state index contributed by atoms with van der Waals surface area (Å²) in [6.45, 7) is 1.43. The number of hydrogen-bond donors (Lipinski definition) is 1. The highest BCUT2D eigenvalue weighted by atomic mass is 32.2. The van der Waals surface area contributed by atoms with Crippen LogP contribution >= 0.6 is 0 Å². The molecule has 0 aromatic heterocycles. The summed E-state index contributed by atoms with van der Waals surface area (Å²) in [4.78, 5) is 12.9. The molecule has 32 heavy (non-hydrogen) atoms. The van der Waals surface area contributed by atoms with Gasteiger partial charge in [0.05, 0.1) is 25.2 Å². The smallest absolute Gasteiger partial charge is 0.243 e. The van der Waals surface area contributed by atoms with Crippen LogP contribution in [0.15, 0.2) is 65.6 Å². The van der Waals surface area contributed by atoms with Gasteiger partial charge >= 0.3 is 0 Å². The van der Waals surface area contributed by atoms with Crippen LogP contribution in [0.3, 0.4) is 0 Å². The molecular weight excluding hydrogens is 428 g/mol. The first-order chi connectivity index (χ1) is 15.5. The van der Waals surface area contributed by atoms with Crippen LogP contribution in [-0.2, 0) is 26.0 Å². The van der Waals surface area contributed by atoms with Gasteiger partial charge in [0, 0.05) is 30.6 Å². The van der Waals surface area contributed by atoms with E-state index in [2.05, 4.69) is 5.32 Å². The number of aryl methyl sites for hydroxylation is 1. The minimum atomic E-state index is -3.62. The number of carbonyl (C=O) groups excluding carboxylic acids is 1. The molecular formula is C24H26N2O5S. The summed E-state index contributed by atoms with van der Waals surface area (Å²) in [6.07, 6.45) is 0.548. The van der Waals surface area contributed by atoms with Gasteiger partial charge in [-0.1, -0.05) is 36.4 Å². The summed E-state index contributed by atoms with van der Waals surface area (Å²) in [5, 5.41) is 4.99. The van der Waals surface area contributed by atoms with E-state index in [0.29, 0.717) is 44.0 Å². The van der Waals surface area contributed by atoms with Gasteiger partial charge < -0.3 is 14.8 Å². The molecule has 0 aliphatic carbocycles. The Morgan fingerprint density at radius 1 is 1.06 bits per heavy atom. The van der Waals surface area contributed by atoms with Crippen LogP contribution in [0, 0.1) is 0 Å². The number of ether oxygens (including phenoxy) is 2. The zero-order valence-electron chi connectivity index (χ0n) is 17.9. The lowest BCUT2D eigenvalue weighted by Crippen LogP contribution is -2.40. The second-order valence-electron chi connectivity index (χ2n) is 7.56. The average molecular weight is 455 g/mol. The first-order valence-electron chi connectivity index (χ1n) is 10.5. The van der Waals surface area contributed by atoms with Crippen LogP contribution in [0.1, 0.15) is 12.0 Å². The summed E-state index contributed by atoms with van der Waals surface area (Å²) in [6, 6.07) is 18.4. The van der Waals surface area contributed by atoms with Crippen molar-refractivity contribution >= 4 is 32.4 Å². The van der Waals surface area contributed by atoms with Crippen molar-refractivity contribution in [2.24, 2.45) is 0 Å². The fourth-order valence-electron chi connectivity index (χ4n) is 3.84. The molecule has 1 saturated heterocycles. The number of hydrogen-bond acceptors (Lipinski definition) is 5. The summed E-state index contributed by atoms with van der Waals surface area (Å²) >= 11 is 0. The third-order valence-electron chi connectivity index (χ3n) is 5.54. The van der Waals surface area contributed by atoms with Crippen molar-refractivity contribution in [3.8, 4) is 5.75 Å². The zero-order chi connectivity index (χ0) is 22.6. The maximum absolute atomic E-state index is 13.0. The van der Waals surface area contributed by atoms with Gasteiger partial charge in [0.15, 0.2) is 0 Å². The summed E-state index contributed by atoms with van der Waals surface area (Å²) in [5.74, 6) is 0.411. The number of sulfonamides is 1. The minimum absolute atomic E-state index is 0.148. The maximum atomic E-state index is 13.0. The molecule has 0 bridgehead atoms. The highest BCUT2D eigenvalue weighted by molar-refractivity contribution is 7.89. The third-order valence-corrected chi connectivity index (χ3v) is 7.44. The summed E-state index contributed by atoms with van der Waals surface area (Å²) in [5.41, 5.74) is 1.43. The van der Waals surface area contributed by atoms with Gasteiger partial charge in [0.25, 0.3) is 0 Å². The highest BCUT2D eigenvalue weighted by Gasteiger charge is 2.27. The van der Waals surface area contributed by atoms with Crippen molar-refractivity contribution in [3.05, 3.63) is 66.2 Å². The number of morpholine rings is 1. The van der Waals surface area contributed by atoms with Gasteiger partial charge in [-0.05, 0) is 41.6 Å². The van der Waals surface area contributed by atoms with Crippen LogP contribution in [0.4, 0.5) is 5.69 Å². The summed E-state index contributed by atoms with van der Waals surface area (Å²) in [7, 11) is -2.09. The van der Waals surface area contributed by atoms with E-state index in [1.807, 2.05) is 42.5 Å². The van der Waals surface area contributed by atoms with Crippen molar-refractivity contribution in [1.29, 1.82) is 0 Å². The Bertz CT molecular complexity index is 1210. The predicted octanol–water partition coefficient (Wildman–Crippen LogP) is 3.44. The number of anilines is 1. The molecule has 1 amide bonds. The molecule has 4 rings (SSSR count). The van der Waals surface area contributed by atoms with Crippen molar-refractivity contribution in [1.82, 2.24) is 4.31 Å². The zero-order valence-corrected chi connectivity index (χ0v) is 18.7. The molecule has 1 fully saturated rings. The first-order valence-corrected chi connectivity index (χ1v) is 12.0. The highest BCUT2D eigenvalue weighted by Crippen LogP contribution is 2.27. The number of rotatable bonds is 7. The van der Waals surface area contributed by atoms with Crippen molar-refractivity contribution in [2.45, 2.75) is 17.7 Å². The monoisotopic (exact) mass is 454 g/mol. The van der Waals surface area contributed by atoms with Crippen LogP contribution in [0.2, 0.25) is 0 Å². The SMILES string of the molecule is COc1ccc(S(=O)(=O)N2CCOCC2)cc1CCC(=O)Nc1cccc2ccccc12. The van der Waals surface area contributed by atoms with Crippen LogP contribution in [0.25, 0.3) is 10.8 Å². The molecule has 168 valence electrons. The van der Waals surface area contributed by atoms with Gasteiger partial charge in [-0.25, -0.2) is 8.42 Å². The molecule has 7 nitrogen and oxygen atoms in total. The number of amides is 1. The second-order valence-corrected chi connectivity index (χ2v) is 9.50. The van der Waals surface area contributed by atoms with Gasteiger partial charge in [0.1, 0.15) is 5.75 Å². The standard InChI is InChI=1S/C24H26N2O5S/c1-30-23-11-10-20(32(28,29)26-13-15-31-16-14-26)17-19(23)9-12-24(27)25-22-8-4-6-18-5-2-3-7-21(18)22/h2-8,10-11,17H,9,12-16H2,1H3,(H,25,27). The van der Waals surface area contributed by atoms with Crippen molar-refractivity contribution < 1.29 is 22.7 Å². The largest absolute Gasteiger partial charge is 0.496 e. The normalized spacial score (nSPS) is 14.9.